The second-order valence-electron chi connectivity index (χ2n) is 6.61. The molecule has 0 bridgehead atoms. The molecule has 0 saturated heterocycles. The molecule has 0 spiro atoms. The molecule has 2 amide bonds. The Labute approximate surface area is 151 Å². The average Bonchev–Trinajstić information content (AvgIpc) is 2.55. The summed E-state index contributed by atoms with van der Waals surface area (Å²) in [5.41, 5.74) is 14.1. The lowest BCUT2D eigenvalue weighted by Crippen LogP contribution is -2.51. The van der Waals surface area contributed by atoms with Crippen LogP contribution in [0.25, 0.3) is 0 Å². The maximum absolute atomic E-state index is 11.8. The Kier molecular flexibility index (Phi) is 12.7. The summed E-state index contributed by atoms with van der Waals surface area (Å²) in [6.45, 7) is 1.82. The van der Waals surface area contributed by atoms with Gasteiger partial charge in [0, 0.05) is 0 Å². The minimum atomic E-state index is -1.68. The van der Waals surface area contributed by atoms with Crippen LogP contribution in [0.15, 0.2) is 0 Å². The highest BCUT2D eigenvalue weighted by Crippen LogP contribution is 2.25. The van der Waals surface area contributed by atoms with Crippen molar-refractivity contribution in [2.24, 2.45) is 17.2 Å². The fourth-order valence-electron chi connectivity index (χ4n) is 2.88. The van der Waals surface area contributed by atoms with Crippen LogP contribution in [0.1, 0.15) is 84.0 Å². The van der Waals surface area contributed by atoms with Crippen LogP contribution in [0.5, 0.6) is 0 Å². The van der Waals surface area contributed by atoms with E-state index in [0.29, 0.717) is 6.42 Å². The number of amides is 2. The van der Waals surface area contributed by atoms with E-state index in [1.54, 1.807) is 0 Å². The Morgan fingerprint density at radius 1 is 0.840 bits per heavy atom. The van der Waals surface area contributed by atoms with Crippen molar-refractivity contribution in [1.29, 1.82) is 0 Å². The predicted molar refractivity (Wildman–Crippen MR) is 97.3 cm³/mol. The molecule has 25 heavy (non-hydrogen) atoms. The van der Waals surface area contributed by atoms with Gasteiger partial charge in [-0.3, -0.25) is 14.4 Å². The molecule has 0 aromatic carbocycles. The van der Waals surface area contributed by atoms with E-state index in [2.05, 4.69) is 6.92 Å². The summed E-state index contributed by atoms with van der Waals surface area (Å²) in [6, 6.07) is 0. The summed E-state index contributed by atoms with van der Waals surface area (Å²) in [6.07, 6.45) is 11.0. The fraction of sp³-hybridized carbons (Fsp3) is 0.833. The summed E-state index contributed by atoms with van der Waals surface area (Å²) in [5.74, 6) is -2.37. The second kappa shape index (κ2) is 13.6. The fourth-order valence-corrected chi connectivity index (χ4v) is 2.88. The van der Waals surface area contributed by atoms with Gasteiger partial charge in [-0.15, -0.1) is 0 Å². The molecule has 6 N–H and O–H groups in total. The second-order valence-corrected chi connectivity index (χ2v) is 6.61. The van der Waals surface area contributed by atoms with Gasteiger partial charge in [-0.05, 0) is 12.8 Å². The van der Waals surface area contributed by atoms with E-state index in [9.17, 15) is 14.4 Å². The van der Waals surface area contributed by atoms with Gasteiger partial charge in [0.05, 0.1) is 13.0 Å². The number of ether oxygens (including phenoxy) is 1. The first-order valence-electron chi connectivity index (χ1n) is 9.38. The number of carbonyl (C=O) groups is 3. The molecular weight excluding hydrogens is 322 g/mol. The monoisotopic (exact) mass is 357 g/mol. The normalized spacial score (nSPS) is 13.2. The van der Waals surface area contributed by atoms with Crippen LogP contribution in [0, 0.1) is 0 Å². The van der Waals surface area contributed by atoms with Gasteiger partial charge in [0.1, 0.15) is 0 Å². The number of primary amides is 2. The molecule has 7 heteroatoms. The lowest BCUT2D eigenvalue weighted by atomic mass is 9.90. The van der Waals surface area contributed by atoms with E-state index in [4.69, 9.17) is 21.9 Å². The van der Waals surface area contributed by atoms with Gasteiger partial charge >= 0.3 is 5.97 Å². The van der Waals surface area contributed by atoms with Gasteiger partial charge in [-0.1, -0.05) is 64.7 Å². The lowest BCUT2D eigenvalue weighted by Gasteiger charge is -2.29. The highest BCUT2D eigenvalue weighted by molar-refractivity contribution is 5.91. The number of unbranched alkanes of at least 4 members (excludes halogenated alkanes) is 9. The van der Waals surface area contributed by atoms with Gasteiger partial charge in [0.25, 0.3) is 5.91 Å². The third-order valence-electron chi connectivity index (χ3n) is 4.32. The van der Waals surface area contributed by atoms with Crippen LogP contribution in [-0.2, 0) is 19.1 Å². The molecule has 0 radical (unpaired) electrons. The van der Waals surface area contributed by atoms with Crippen LogP contribution in [0.3, 0.4) is 0 Å². The van der Waals surface area contributed by atoms with Gasteiger partial charge in [0.2, 0.25) is 5.91 Å². The Balaban J connectivity index is 4.23. The quantitative estimate of drug-likeness (QED) is 0.286. The highest BCUT2D eigenvalue weighted by atomic mass is 16.6. The minimum Gasteiger partial charge on any atom is -0.447 e. The van der Waals surface area contributed by atoms with Crippen molar-refractivity contribution in [3.05, 3.63) is 0 Å². The van der Waals surface area contributed by atoms with E-state index in [-0.39, 0.29) is 13.0 Å². The van der Waals surface area contributed by atoms with Gasteiger partial charge in [-0.25, -0.2) is 0 Å². The van der Waals surface area contributed by atoms with Crippen molar-refractivity contribution in [1.82, 2.24) is 0 Å². The molecule has 146 valence electrons. The number of esters is 1. The molecule has 0 heterocycles. The molecule has 0 fully saturated rings. The largest absolute Gasteiger partial charge is 0.447 e. The molecule has 0 rings (SSSR count). The van der Waals surface area contributed by atoms with Crippen LogP contribution < -0.4 is 17.2 Å². The Morgan fingerprint density at radius 2 is 1.32 bits per heavy atom. The summed E-state index contributed by atoms with van der Waals surface area (Å²) in [7, 11) is 0. The van der Waals surface area contributed by atoms with Crippen LogP contribution >= 0.6 is 0 Å². The highest BCUT2D eigenvalue weighted by Gasteiger charge is 2.41. The molecule has 1 atom stereocenters. The zero-order chi connectivity index (χ0) is 19.1. The summed E-state index contributed by atoms with van der Waals surface area (Å²) < 4.78 is 5.10. The molecule has 7 nitrogen and oxygen atoms in total. The van der Waals surface area contributed by atoms with Crippen LogP contribution in [0.4, 0.5) is 0 Å². The van der Waals surface area contributed by atoms with Crippen molar-refractivity contribution >= 4 is 17.8 Å². The minimum absolute atomic E-state index is 0.188. The molecular formula is C18H35N3O4. The molecule has 0 aromatic rings. The van der Waals surface area contributed by atoms with E-state index in [0.717, 1.165) is 19.3 Å². The lowest BCUT2D eigenvalue weighted by molar-refractivity contribution is -0.169. The van der Waals surface area contributed by atoms with E-state index in [1.165, 1.54) is 38.5 Å². The van der Waals surface area contributed by atoms with Crippen molar-refractivity contribution < 1.29 is 19.1 Å². The molecule has 0 aromatic heterocycles. The number of carbonyl (C=O) groups excluding carboxylic acids is 3. The van der Waals surface area contributed by atoms with Crippen molar-refractivity contribution in [3.8, 4) is 0 Å². The molecule has 1 unspecified atom stereocenters. The zero-order valence-electron chi connectivity index (χ0n) is 15.6. The first-order valence-corrected chi connectivity index (χ1v) is 9.38. The van der Waals surface area contributed by atoms with E-state index in [1.807, 2.05) is 0 Å². The molecule has 0 saturated carbocycles. The SMILES string of the molecule is CCCCCCCCCCCCC(CC(N)=O)(OC(=O)CN)C(N)=O. The number of hydrogen-bond donors (Lipinski definition) is 3. The van der Waals surface area contributed by atoms with Gasteiger partial charge < -0.3 is 21.9 Å². The van der Waals surface area contributed by atoms with Crippen molar-refractivity contribution in [2.75, 3.05) is 6.54 Å². The van der Waals surface area contributed by atoms with Crippen molar-refractivity contribution in [3.63, 3.8) is 0 Å². The number of hydrogen-bond acceptors (Lipinski definition) is 5. The number of rotatable bonds is 16. The zero-order valence-corrected chi connectivity index (χ0v) is 15.6. The van der Waals surface area contributed by atoms with Crippen LogP contribution in [0.2, 0.25) is 0 Å². The topological polar surface area (TPSA) is 138 Å². The standard InChI is InChI=1S/C18H35N3O4/c1-2-3-4-5-6-7-8-9-10-11-12-18(17(21)24,13-15(20)22)25-16(23)14-19/h2-14,19H2,1H3,(H2,20,22)(H2,21,24). The van der Waals surface area contributed by atoms with Gasteiger partial charge in [0.15, 0.2) is 5.60 Å². The van der Waals surface area contributed by atoms with Gasteiger partial charge in [-0.2, -0.15) is 0 Å². The maximum Gasteiger partial charge on any atom is 0.320 e. The Hall–Kier alpha value is -1.63. The van der Waals surface area contributed by atoms with Crippen LogP contribution in [-0.4, -0.2) is 29.9 Å². The summed E-state index contributed by atoms with van der Waals surface area (Å²) in [4.78, 5) is 34.5. The molecule has 0 aliphatic carbocycles. The summed E-state index contributed by atoms with van der Waals surface area (Å²) in [5, 5.41) is 0. The first-order chi connectivity index (χ1) is 11.9. The van der Waals surface area contributed by atoms with Crippen molar-refractivity contribution in [2.45, 2.75) is 89.6 Å². The maximum atomic E-state index is 11.8. The Bertz CT molecular complexity index is 415. The first kappa shape index (κ1) is 23.4. The molecule has 0 aliphatic heterocycles. The predicted octanol–water partition coefficient (Wildman–Crippen LogP) is 1.90. The number of nitrogens with two attached hydrogens (primary N) is 3. The average molecular weight is 357 g/mol. The van der Waals surface area contributed by atoms with E-state index < -0.39 is 29.8 Å². The molecule has 0 aliphatic rings. The smallest absolute Gasteiger partial charge is 0.320 e. The van der Waals surface area contributed by atoms with E-state index >= 15 is 0 Å². The Morgan fingerprint density at radius 3 is 1.72 bits per heavy atom. The third kappa shape index (κ3) is 10.8. The third-order valence-corrected chi connectivity index (χ3v) is 4.32. The summed E-state index contributed by atoms with van der Waals surface area (Å²) >= 11 is 0.